The van der Waals surface area contributed by atoms with Crippen LogP contribution in [0, 0.1) is 6.92 Å². The summed E-state index contributed by atoms with van der Waals surface area (Å²) in [6.07, 6.45) is 6.09. The van der Waals surface area contributed by atoms with Gasteiger partial charge < -0.3 is 5.32 Å². The van der Waals surface area contributed by atoms with E-state index >= 15 is 0 Å². The van der Waals surface area contributed by atoms with Crippen molar-refractivity contribution in [1.29, 1.82) is 0 Å². The minimum absolute atomic E-state index is 0.595. The number of hydrogen-bond acceptors (Lipinski definition) is 3. The fraction of sp³-hybridized carbons (Fsp3) is 0.467. The number of piperidine rings is 1. The first-order valence-corrected chi connectivity index (χ1v) is 6.92. The summed E-state index contributed by atoms with van der Waals surface area (Å²) in [7, 11) is 2.03. The number of aryl methyl sites for hydroxylation is 1. The van der Waals surface area contributed by atoms with Crippen LogP contribution in [0.5, 0.6) is 0 Å². The second-order valence-electron chi connectivity index (χ2n) is 5.25. The lowest BCUT2D eigenvalue weighted by molar-refractivity contribution is 0.449. The molecule has 4 heteroatoms. The molecule has 0 atom stereocenters. The molecule has 100 valence electrons. The van der Waals surface area contributed by atoms with Crippen LogP contribution in [0.25, 0.3) is 11.3 Å². The Morgan fingerprint density at radius 1 is 1.32 bits per heavy atom. The molecule has 2 aromatic heterocycles. The molecule has 19 heavy (non-hydrogen) atoms. The van der Waals surface area contributed by atoms with E-state index in [4.69, 9.17) is 5.10 Å². The minimum Gasteiger partial charge on any atom is -0.317 e. The first-order valence-electron chi connectivity index (χ1n) is 6.92. The van der Waals surface area contributed by atoms with Gasteiger partial charge in [0.25, 0.3) is 0 Å². The standard InChI is InChI=1S/C15H20N4/c1-11-14(12-5-8-16-9-6-12)18-19(2)15(11)13-4-3-7-17-10-13/h3-4,7,10,12,16H,5-6,8-9H2,1-2H3. The lowest BCUT2D eigenvalue weighted by Gasteiger charge is -2.21. The van der Waals surface area contributed by atoms with Crippen molar-refractivity contribution in [2.45, 2.75) is 25.7 Å². The van der Waals surface area contributed by atoms with Crippen molar-refractivity contribution >= 4 is 0 Å². The van der Waals surface area contributed by atoms with Crippen molar-refractivity contribution in [1.82, 2.24) is 20.1 Å². The SMILES string of the molecule is Cc1c(C2CCNCC2)nn(C)c1-c1cccnc1. The minimum atomic E-state index is 0.595. The van der Waals surface area contributed by atoms with Crippen molar-refractivity contribution in [2.24, 2.45) is 7.05 Å². The first-order chi connectivity index (χ1) is 9.27. The number of aromatic nitrogens is 3. The molecule has 3 rings (SSSR count). The highest BCUT2D eigenvalue weighted by Crippen LogP contribution is 2.32. The van der Waals surface area contributed by atoms with E-state index in [1.165, 1.54) is 29.8 Å². The van der Waals surface area contributed by atoms with Gasteiger partial charge in [0.1, 0.15) is 0 Å². The molecule has 0 amide bonds. The fourth-order valence-corrected chi connectivity index (χ4v) is 3.04. The summed E-state index contributed by atoms with van der Waals surface area (Å²) in [5, 5.41) is 8.18. The maximum absolute atomic E-state index is 4.77. The zero-order valence-electron chi connectivity index (χ0n) is 11.6. The topological polar surface area (TPSA) is 42.7 Å². The Hall–Kier alpha value is -1.68. The van der Waals surface area contributed by atoms with Crippen LogP contribution < -0.4 is 5.32 Å². The van der Waals surface area contributed by atoms with Crippen molar-refractivity contribution in [3.63, 3.8) is 0 Å². The molecule has 3 heterocycles. The number of nitrogens with one attached hydrogen (secondary N) is 1. The van der Waals surface area contributed by atoms with Gasteiger partial charge in [-0.05, 0) is 50.6 Å². The number of nitrogens with zero attached hydrogens (tertiary/aromatic N) is 3. The lowest BCUT2D eigenvalue weighted by atomic mass is 9.91. The summed E-state index contributed by atoms with van der Waals surface area (Å²) in [6.45, 7) is 4.39. The molecular weight excluding hydrogens is 236 g/mol. The zero-order chi connectivity index (χ0) is 13.2. The Morgan fingerprint density at radius 3 is 2.79 bits per heavy atom. The Morgan fingerprint density at radius 2 is 2.11 bits per heavy atom. The van der Waals surface area contributed by atoms with E-state index in [9.17, 15) is 0 Å². The van der Waals surface area contributed by atoms with Gasteiger partial charge in [-0.25, -0.2) is 0 Å². The predicted octanol–water partition coefficient (Wildman–Crippen LogP) is 2.26. The maximum atomic E-state index is 4.77. The molecule has 1 aliphatic heterocycles. The summed E-state index contributed by atoms with van der Waals surface area (Å²) in [5.41, 5.74) is 4.92. The first kappa shape index (κ1) is 12.4. The van der Waals surface area contributed by atoms with Gasteiger partial charge in [0.2, 0.25) is 0 Å². The molecule has 1 fully saturated rings. The van der Waals surface area contributed by atoms with Crippen LogP contribution in [0.1, 0.15) is 30.0 Å². The average molecular weight is 256 g/mol. The van der Waals surface area contributed by atoms with E-state index in [0.717, 1.165) is 18.7 Å². The smallest absolute Gasteiger partial charge is 0.0726 e. The van der Waals surface area contributed by atoms with E-state index in [1.807, 2.05) is 30.2 Å². The molecule has 0 unspecified atom stereocenters. The molecule has 0 bridgehead atoms. The summed E-state index contributed by atoms with van der Waals surface area (Å²) in [5.74, 6) is 0.595. The van der Waals surface area contributed by atoms with Crippen LogP contribution in [0.4, 0.5) is 0 Å². The Bertz CT molecular complexity index is 553. The Kier molecular flexibility index (Phi) is 3.34. The third kappa shape index (κ3) is 2.28. The molecule has 0 radical (unpaired) electrons. The molecule has 0 aliphatic carbocycles. The molecule has 2 aromatic rings. The van der Waals surface area contributed by atoms with Crippen molar-refractivity contribution in [2.75, 3.05) is 13.1 Å². The molecule has 1 saturated heterocycles. The Labute approximate surface area is 113 Å². The third-order valence-electron chi connectivity index (χ3n) is 3.98. The molecule has 0 spiro atoms. The third-order valence-corrected chi connectivity index (χ3v) is 3.98. The highest BCUT2D eigenvalue weighted by molar-refractivity contribution is 5.63. The normalized spacial score (nSPS) is 16.7. The fourth-order valence-electron chi connectivity index (χ4n) is 3.04. The highest BCUT2D eigenvalue weighted by atomic mass is 15.3. The summed E-state index contributed by atoms with van der Waals surface area (Å²) >= 11 is 0. The van der Waals surface area contributed by atoms with Gasteiger partial charge in [-0.2, -0.15) is 5.10 Å². The molecule has 1 N–H and O–H groups in total. The van der Waals surface area contributed by atoms with Crippen molar-refractivity contribution in [3.8, 4) is 11.3 Å². The van der Waals surface area contributed by atoms with E-state index in [0.29, 0.717) is 5.92 Å². The summed E-state index contributed by atoms with van der Waals surface area (Å²) in [6, 6.07) is 4.08. The van der Waals surface area contributed by atoms with Crippen LogP contribution >= 0.6 is 0 Å². The van der Waals surface area contributed by atoms with Gasteiger partial charge >= 0.3 is 0 Å². The monoisotopic (exact) mass is 256 g/mol. The van der Waals surface area contributed by atoms with Gasteiger partial charge in [-0.15, -0.1) is 0 Å². The van der Waals surface area contributed by atoms with Gasteiger partial charge in [-0.3, -0.25) is 9.67 Å². The number of pyridine rings is 1. The van der Waals surface area contributed by atoms with E-state index in [-0.39, 0.29) is 0 Å². The van der Waals surface area contributed by atoms with Crippen LogP contribution in [0.15, 0.2) is 24.5 Å². The summed E-state index contributed by atoms with van der Waals surface area (Å²) in [4.78, 5) is 4.21. The van der Waals surface area contributed by atoms with E-state index in [2.05, 4.69) is 23.3 Å². The highest BCUT2D eigenvalue weighted by Gasteiger charge is 2.23. The number of rotatable bonds is 2. The van der Waals surface area contributed by atoms with Crippen LogP contribution in [-0.4, -0.2) is 27.9 Å². The molecule has 4 nitrogen and oxygen atoms in total. The predicted molar refractivity (Wildman–Crippen MR) is 76.0 cm³/mol. The largest absolute Gasteiger partial charge is 0.317 e. The van der Waals surface area contributed by atoms with E-state index < -0.39 is 0 Å². The second kappa shape index (κ2) is 5.13. The van der Waals surface area contributed by atoms with Crippen LogP contribution in [0.2, 0.25) is 0 Å². The van der Waals surface area contributed by atoms with Crippen LogP contribution in [-0.2, 0) is 7.05 Å². The second-order valence-corrected chi connectivity index (χ2v) is 5.25. The lowest BCUT2D eigenvalue weighted by Crippen LogP contribution is -2.27. The Balaban J connectivity index is 2.00. The quantitative estimate of drug-likeness (QED) is 0.896. The maximum Gasteiger partial charge on any atom is 0.0726 e. The molecular formula is C15H20N4. The molecule has 1 aliphatic rings. The van der Waals surface area contributed by atoms with Gasteiger partial charge in [-0.1, -0.05) is 0 Å². The van der Waals surface area contributed by atoms with Crippen molar-refractivity contribution in [3.05, 3.63) is 35.8 Å². The van der Waals surface area contributed by atoms with Gasteiger partial charge in [0.05, 0.1) is 11.4 Å². The van der Waals surface area contributed by atoms with Gasteiger partial charge in [0.15, 0.2) is 0 Å². The zero-order valence-corrected chi connectivity index (χ0v) is 11.6. The number of hydrogen-bond donors (Lipinski definition) is 1. The van der Waals surface area contributed by atoms with E-state index in [1.54, 1.807) is 0 Å². The van der Waals surface area contributed by atoms with Crippen LogP contribution in [0.3, 0.4) is 0 Å². The molecule has 0 saturated carbocycles. The van der Waals surface area contributed by atoms with Gasteiger partial charge in [0, 0.05) is 30.9 Å². The van der Waals surface area contributed by atoms with Crippen molar-refractivity contribution < 1.29 is 0 Å². The molecule has 0 aromatic carbocycles. The summed E-state index contributed by atoms with van der Waals surface area (Å²) < 4.78 is 2.00. The average Bonchev–Trinajstić information content (AvgIpc) is 2.76.